The molecule has 5 heteroatoms. The SMILES string of the molecule is COc1nc(C)cc(-c2ccc(Br)s2)n1. The number of thiophene rings is 1. The third-order valence-corrected chi connectivity index (χ3v) is 3.49. The van der Waals surface area contributed by atoms with Gasteiger partial charge in [-0.05, 0) is 41.1 Å². The molecular weight excluding hydrogens is 276 g/mol. The van der Waals surface area contributed by atoms with Gasteiger partial charge in [-0.1, -0.05) is 0 Å². The molecule has 0 aliphatic carbocycles. The van der Waals surface area contributed by atoms with Crippen LogP contribution in [0.5, 0.6) is 6.01 Å². The van der Waals surface area contributed by atoms with Crippen molar-refractivity contribution in [3.05, 3.63) is 27.7 Å². The highest BCUT2D eigenvalue weighted by atomic mass is 79.9. The van der Waals surface area contributed by atoms with Crippen molar-refractivity contribution < 1.29 is 4.74 Å². The number of nitrogens with zero attached hydrogens (tertiary/aromatic N) is 2. The van der Waals surface area contributed by atoms with Gasteiger partial charge in [-0.3, -0.25) is 0 Å². The highest BCUT2D eigenvalue weighted by Gasteiger charge is 2.06. The highest BCUT2D eigenvalue weighted by molar-refractivity contribution is 9.11. The summed E-state index contributed by atoms with van der Waals surface area (Å²) in [6.45, 7) is 1.93. The number of ether oxygens (including phenoxy) is 1. The molecule has 0 unspecified atom stereocenters. The van der Waals surface area contributed by atoms with Gasteiger partial charge in [-0.25, -0.2) is 4.98 Å². The van der Waals surface area contributed by atoms with E-state index in [9.17, 15) is 0 Å². The summed E-state index contributed by atoms with van der Waals surface area (Å²) in [6, 6.07) is 6.38. The third-order valence-electron chi connectivity index (χ3n) is 1.84. The molecule has 0 aromatic carbocycles. The van der Waals surface area contributed by atoms with Crippen LogP contribution in [0.25, 0.3) is 10.6 Å². The van der Waals surface area contributed by atoms with Crippen LogP contribution >= 0.6 is 27.3 Å². The topological polar surface area (TPSA) is 35.0 Å². The first kappa shape index (κ1) is 10.6. The van der Waals surface area contributed by atoms with Gasteiger partial charge in [0, 0.05) is 5.69 Å². The Morgan fingerprint density at radius 1 is 1.33 bits per heavy atom. The number of hydrogen-bond acceptors (Lipinski definition) is 4. The highest BCUT2D eigenvalue weighted by Crippen LogP contribution is 2.30. The molecule has 15 heavy (non-hydrogen) atoms. The maximum Gasteiger partial charge on any atom is 0.316 e. The molecule has 0 amide bonds. The average molecular weight is 285 g/mol. The first-order chi connectivity index (χ1) is 7.19. The molecule has 0 saturated carbocycles. The lowest BCUT2D eigenvalue weighted by Crippen LogP contribution is -1.95. The molecule has 0 bridgehead atoms. The van der Waals surface area contributed by atoms with Crippen LogP contribution in [0.3, 0.4) is 0 Å². The van der Waals surface area contributed by atoms with Gasteiger partial charge < -0.3 is 4.74 Å². The molecule has 0 N–H and O–H groups in total. The number of halogens is 1. The molecule has 2 heterocycles. The molecule has 0 saturated heterocycles. The van der Waals surface area contributed by atoms with Crippen LogP contribution in [0.4, 0.5) is 0 Å². The molecule has 2 aromatic heterocycles. The van der Waals surface area contributed by atoms with Gasteiger partial charge in [-0.15, -0.1) is 11.3 Å². The first-order valence-electron chi connectivity index (χ1n) is 4.34. The Morgan fingerprint density at radius 3 is 2.73 bits per heavy atom. The predicted octanol–water partition coefficient (Wildman–Crippen LogP) is 3.28. The Bertz CT molecular complexity index is 484. The number of rotatable bonds is 2. The number of hydrogen-bond donors (Lipinski definition) is 0. The van der Waals surface area contributed by atoms with Crippen molar-refractivity contribution in [3.63, 3.8) is 0 Å². The van der Waals surface area contributed by atoms with E-state index in [2.05, 4.69) is 25.9 Å². The van der Waals surface area contributed by atoms with Crippen LogP contribution in [-0.2, 0) is 0 Å². The second-order valence-corrected chi connectivity index (χ2v) is 5.45. The monoisotopic (exact) mass is 284 g/mol. The Labute approximate surface area is 100 Å². The fraction of sp³-hybridized carbons (Fsp3) is 0.200. The van der Waals surface area contributed by atoms with Gasteiger partial charge in [-0.2, -0.15) is 4.98 Å². The van der Waals surface area contributed by atoms with Crippen LogP contribution in [0.1, 0.15) is 5.69 Å². The standard InChI is InChI=1S/C10H9BrN2OS/c1-6-5-7(13-10(12-6)14-2)8-3-4-9(11)15-8/h3-5H,1-2H3. The van der Waals surface area contributed by atoms with Crippen molar-refractivity contribution >= 4 is 27.3 Å². The molecule has 2 rings (SSSR count). The minimum atomic E-state index is 0.412. The van der Waals surface area contributed by atoms with Crippen molar-refractivity contribution in [2.24, 2.45) is 0 Å². The molecule has 0 aliphatic rings. The summed E-state index contributed by atoms with van der Waals surface area (Å²) in [4.78, 5) is 9.54. The zero-order valence-electron chi connectivity index (χ0n) is 8.32. The molecule has 0 fully saturated rings. The van der Waals surface area contributed by atoms with Gasteiger partial charge in [0.1, 0.15) is 0 Å². The summed E-state index contributed by atoms with van der Waals surface area (Å²) >= 11 is 5.07. The molecule has 0 atom stereocenters. The first-order valence-corrected chi connectivity index (χ1v) is 5.95. The summed E-state index contributed by atoms with van der Waals surface area (Å²) in [5, 5.41) is 0. The van der Waals surface area contributed by atoms with E-state index in [-0.39, 0.29) is 0 Å². The summed E-state index contributed by atoms with van der Waals surface area (Å²) in [6.07, 6.45) is 0. The molecule has 78 valence electrons. The smallest absolute Gasteiger partial charge is 0.316 e. The quantitative estimate of drug-likeness (QED) is 0.849. The lowest BCUT2D eigenvalue weighted by atomic mass is 10.3. The summed E-state index contributed by atoms with van der Waals surface area (Å²) in [5.41, 5.74) is 1.80. The minimum Gasteiger partial charge on any atom is -0.467 e. The van der Waals surface area contributed by atoms with E-state index in [0.29, 0.717) is 6.01 Å². The van der Waals surface area contributed by atoms with Crippen LogP contribution < -0.4 is 4.74 Å². The second-order valence-electron chi connectivity index (χ2n) is 2.99. The Hall–Kier alpha value is -0.940. The largest absolute Gasteiger partial charge is 0.467 e. The molecule has 2 aromatic rings. The van der Waals surface area contributed by atoms with E-state index >= 15 is 0 Å². The normalized spacial score (nSPS) is 10.3. The number of aryl methyl sites for hydroxylation is 1. The summed E-state index contributed by atoms with van der Waals surface area (Å²) in [7, 11) is 1.57. The van der Waals surface area contributed by atoms with Crippen molar-refractivity contribution in [1.82, 2.24) is 9.97 Å². The minimum absolute atomic E-state index is 0.412. The van der Waals surface area contributed by atoms with E-state index in [1.54, 1.807) is 18.4 Å². The van der Waals surface area contributed by atoms with Crippen LogP contribution in [0.15, 0.2) is 22.0 Å². The maximum absolute atomic E-state index is 5.03. The van der Waals surface area contributed by atoms with Crippen LogP contribution in [-0.4, -0.2) is 17.1 Å². The summed E-state index contributed by atoms with van der Waals surface area (Å²) < 4.78 is 6.13. The average Bonchev–Trinajstić information content (AvgIpc) is 2.64. The van der Waals surface area contributed by atoms with Gasteiger partial charge >= 0.3 is 6.01 Å². The van der Waals surface area contributed by atoms with Gasteiger partial charge in [0.15, 0.2) is 0 Å². The molecule has 0 radical (unpaired) electrons. The van der Waals surface area contributed by atoms with Gasteiger partial charge in [0.25, 0.3) is 0 Å². The lowest BCUT2D eigenvalue weighted by molar-refractivity contribution is 0.379. The molecular formula is C10H9BrN2OS. The fourth-order valence-electron chi connectivity index (χ4n) is 1.21. The van der Waals surface area contributed by atoms with E-state index in [0.717, 1.165) is 20.1 Å². The zero-order valence-corrected chi connectivity index (χ0v) is 10.7. The van der Waals surface area contributed by atoms with Gasteiger partial charge in [0.05, 0.1) is 21.5 Å². The molecule has 0 spiro atoms. The third kappa shape index (κ3) is 2.35. The Kier molecular flexibility index (Phi) is 3.02. The predicted molar refractivity (Wildman–Crippen MR) is 64.3 cm³/mol. The van der Waals surface area contributed by atoms with E-state index in [4.69, 9.17) is 4.74 Å². The Morgan fingerprint density at radius 2 is 2.13 bits per heavy atom. The van der Waals surface area contributed by atoms with Crippen molar-refractivity contribution in [2.45, 2.75) is 6.92 Å². The maximum atomic E-state index is 5.03. The van der Waals surface area contributed by atoms with E-state index in [1.807, 2.05) is 25.1 Å². The fourth-order valence-corrected chi connectivity index (χ4v) is 2.56. The summed E-state index contributed by atoms with van der Waals surface area (Å²) in [5.74, 6) is 0. The number of aromatic nitrogens is 2. The van der Waals surface area contributed by atoms with Crippen LogP contribution in [0.2, 0.25) is 0 Å². The van der Waals surface area contributed by atoms with Crippen molar-refractivity contribution in [3.8, 4) is 16.6 Å². The second kappa shape index (κ2) is 4.28. The van der Waals surface area contributed by atoms with Gasteiger partial charge in [0.2, 0.25) is 0 Å². The van der Waals surface area contributed by atoms with Crippen molar-refractivity contribution in [2.75, 3.05) is 7.11 Å². The van der Waals surface area contributed by atoms with Crippen molar-refractivity contribution in [1.29, 1.82) is 0 Å². The molecule has 3 nitrogen and oxygen atoms in total. The number of methoxy groups -OCH3 is 1. The zero-order chi connectivity index (χ0) is 10.8. The Balaban J connectivity index is 2.48. The van der Waals surface area contributed by atoms with E-state index < -0.39 is 0 Å². The van der Waals surface area contributed by atoms with E-state index in [1.165, 1.54) is 0 Å². The molecule has 0 aliphatic heterocycles. The lowest BCUT2D eigenvalue weighted by Gasteiger charge is -2.02. The van der Waals surface area contributed by atoms with Crippen LogP contribution in [0, 0.1) is 6.92 Å².